The number of carbonyl (C=O) groups excluding carboxylic acids is 2. The monoisotopic (exact) mass is 572 g/mol. The zero-order valence-corrected chi connectivity index (χ0v) is 24.1. The van der Waals surface area contributed by atoms with E-state index in [1.165, 1.54) is 0 Å². The lowest BCUT2D eigenvalue weighted by molar-refractivity contribution is -0.135. The maximum Gasteiger partial charge on any atom is 0.324 e. The molecule has 4 heterocycles. The normalized spacial score (nSPS) is 14.1. The van der Waals surface area contributed by atoms with Crippen molar-refractivity contribution in [1.29, 1.82) is 0 Å². The van der Waals surface area contributed by atoms with E-state index in [1.807, 2.05) is 56.1 Å². The van der Waals surface area contributed by atoms with Gasteiger partial charge in [0.2, 0.25) is 5.91 Å². The van der Waals surface area contributed by atoms with Crippen LogP contribution >= 0.6 is 11.3 Å². The molecule has 0 atom stereocenters. The first-order chi connectivity index (χ1) is 19.7. The van der Waals surface area contributed by atoms with Crippen molar-refractivity contribution >= 4 is 50.0 Å². The van der Waals surface area contributed by atoms with Crippen LogP contribution in [-0.2, 0) is 21.4 Å². The van der Waals surface area contributed by atoms with Crippen LogP contribution in [-0.4, -0.2) is 57.7 Å². The first kappa shape index (κ1) is 27.0. The Kier molecular flexibility index (Phi) is 7.22. The number of fused-ring (bicyclic) bond motifs is 3. The number of imidazole rings is 1. The van der Waals surface area contributed by atoms with Crippen molar-refractivity contribution in [1.82, 2.24) is 19.4 Å². The first-order valence-electron chi connectivity index (χ1n) is 13.6. The van der Waals surface area contributed by atoms with E-state index in [1.54, 1.807) is 17.4 Å². The van der Waals surface area contributed by atoms with Gasteiger partial charge in [0, 0.05) is 48.4 Å². The molecule has 1 aliphatic heterocycles. The van der Waals surface area contributed by atoms with Crippen molar-refractivity contribution in [3.05, 3.63) is 66.1 Å². The predicted octanol–water partition coefficient (Wildman–Crippen LogP) is 5.94. The average molecular weight is 573 g/mol. The van der Waals surface area contributed by atoms with Crippen molar-refractivity contribution in [2.24, 2.45) is 0 Å². The maximum atomic E-state index is 12.5. The molecule has 11 heteroatoms. The SMILES string of the molecule is CC(C)(C)c1cc(NC(=O)Nc2ccc(-c3cn4c(n3)sc3cc(CCC(=O)N5CCOCC5)ccc34)cc2)no1. The minimum Gasteiger partial charge on any atom is -0.378 e. The van der Waals surface area contributed by atoms with Gasteiger partial charge in [-0.05, 0) is 36.2 Å². The van der Waals surface area contributed by atoms with Crippen LogP contribution in [0.25, 0.3) is 26.4 Å². The van der Waals surface area contributed by atoms with Crippen molar-refractivity contribution in [2.45, 2.75) is 39.0 Å². The molecule has 0 saturated carbocycles. The highest BCUT2D eigenvalue weighted by Crippen LogP contribution is 2.31. The van der Waals surface area contributed by atoms with E-state index in [4.69, 9.17) is 14.2 Å². The summed E-state index contributed by atoms with van der Waals surface area (Å²) < 4.78 is 13.9. The number of morpholine rings is 1. The molecule has 0 aliphatic carbocycles. The molecule has 0 bridgehead atoms. The second-order valence-corrected chi connectivity index (χ2v) is 12.2. The Morgan fingerprint density at radius 2 is 1.80 bits per heavy atom. The lowest BCUT2D eigenvalue weighted by Gasteiger charge is -2.26. The Morgan fingerprint density at radius 1 is 1.02 bits per heavy atom. The zero-order chi connectivity index (χ0) is 28.6. The van der Waals surface area contributed by atoms with Gasteiger partial charge < -0.3 is 19.5 Å². The molecular formula is C30H32N6O4S. The molecule has 3 amide bonds. The number of nitrogens with zero attached hydrogens (tertiary/aromatic N) is 4. The molecule has 212 valence electrons. The fraction of sp³-hybridized carbons (Fsp3) is 0.333. The molecule has 41 heavy (non-hydrogen) atoms. The molecule has 2 aromatic carbocycles. The molecule has 0 unspecified atom stereocenters. The van der Waals surface area contributed by atoms with Gasteiger partial charge in [-0.3, -0.25) is 14.5 Å². The summed E-state index contributed by atoms with van der Waals surface area (Å²) in [4.78, 5) is 32.6. The average Bonchev–Trinajstić information content (AvgIpc) is 3.67. The molecule has 2 N–H and O–H groups in total. The summed E-state index contributed by atoms with van der Waals surface area (Å²) in [5, 5.41) is 9.44. The molecular weight excluding hydrogens is 540 g/mol. The van der Waals surface area contributed by atoms with E-state index in [0.717, 1.165) is 32.0 Å². The first-order valence-corrected chi connectivity index (χ1v) is 14.5. The fourth-order valence-corrected chi connectivity index (χ4v) is 5.82. The topological polar surface area (TPSA) is 114 Å². The number of carbonyl (C=O) groups is 2. The van der Waals surface area contributed by atoms with Crippen molar-refractivity contribution < 1.29 is 18.8 Å². The summed E-state index contributed by atoms with van der Waals surface area (Å²) in [6.07, 6.45) is 3.25. The summed E-state index contributed by atoms with van der Waals surface area (Å²) in [6, 6.07) is 15.2. The van der Waals surface area contributed by atoms with Gasteiger partial charge in [-0.25, -0.2) is 9.78 Å². The Balaban J connectivity index is 1.09. The fourth-order valence-electron chi connectivity index (χ4n) is 4.75. The Morgan fingerprint density at radius 3 is 2.54 bits per heavy atom. The smallest absolute Gasteiger partial charge is 0.324 e. The second kappa shape index (κ2) is 11.0. The van der Waals surface area contributed by atoms with Crippen LogP contribution in [0.3, 0.4) is 0 Å². The Labute approximate surface area is 241 Å². The van der Waals surface area contributed by atoms with Gasteiger partial charge in [0.15, 0.2) is 10.8 Å². The number of rotatable bonds is 6. The van der Waals surface area contributed by atoms with Crippen LogP contribution < -0.4 is 10.6 Å². The van der Waals surface area contributed by atoms with Gasteiger partial charge in [-0.2, -0.15) is 0 Å². The van der Waals surface area contributed by atoms with Crippen LogP contribution in [0.2, 0.25) is 0 Å². The number of anilines is 2. The summed E-state index contributed by atoms with van der Waals surface area (Å²) in [5.74, 6) is 1.25. The van der Waals surface area contributed by atoms with Crippen molar-refractivity contribution in [3.63, 3.8) is 0 Å². The van der Waals surface area contributed by atoms with E-state index >= 15 is 0 Å². The highest BCUT2D eigenvalue weighted by molar-refractivity contribution is 7.23. The number of ether oxygens (including phenoxy) is 1. The van der Waals surface area contributed by atoms with Gasteiger partial charge in [0.1, 0.15) is 5.76 Å². The summed E-state index contributed by atoms with van der Waals surface area (Å²) >= 11 is 1.63. The van der Waals surface area contributed by atoms with Gasteiger partial charge >= 0.3 is 6.03 Å². The highest BCUT2D eigenvalue weighted by atomic mass is 32.1. The standard InChI is InChI=1S/C30H32N6O4S/c1-30(2,3)25-17-26(34-40-25)33-28(38)31-21-8-6-20(7-9-21)22-18-36-23-10-4-19(16-24(23)41-29(36)32-22)5-11-27(37)35-12-14-39-15-13-35/h4,6-10,16-18H,5,11-15H2,1-3H3,(H2,31,33,34,38). The highest BCUT2D eigenvalue weighted by Gasteiger charge is 2.21. The Hall–Kier alpha value is -4.22. The molecule has 3 aromatic heterocycles. The van der Waals surface area contributed by atoms with Crippen molar-refractivity contribution in [2.75, 3.05) is 36.9 Å². The summed E-state index contributed by atoms with van der Waals surface area (Å²) in [5.41, 5.74) is 4.49. The van der Waals surface area contributed by atoms with Gasteiger partial charge in [0.25, 0.3) is 0 Å². The number of urea groups is 1. The lowest BCUT2D eigenvalue weighted by atomic mass is 9.93. The predicted molar refractivity (Wildman–Crippen MR) is 160 cm³/mol. The molecule has 1 fully saturated rings. The minimum atomic E-state index is -0.398. The molecule has 0 radical (unpaired) electrons. The van der Waals surface area contributed by atoms with E-state index in [0.29, 0.717) is 56.4 Å². The largest absolute Gasteiger partial charge is 0.378 e. The molecule has 10 nitrogen and oxygen atoms in total. The molecule has 5 aromatic rings. The van der Waals surface area contributed by atoms with Crippen LogP contribution in [0.5, 0.6) is 0 Å². The number of hydrogen-bond acceptors (Lipinski definition) is 7. The van der Waals surface area contributed by atoms with E-state index < -0.39 is 6.03 Å². The van der Waals surface area contributed by atoms with E-state index in [9.17, 15) is 9.59 Å². The molecule has 6 rings (SSSR count). The number of hydrogen-bond donors (Lipinski definition) is 2. The van der Waals surface area contributed by atoms with Crippen LogP contribution in [0.4, 0.5) is 16.3 Å². The quantitative estimate of drug-likeness (QED) is 0.260. The third kappa shape index (κ3) is 5.96. The molecule has 0 spiro atoms. The van der Waals surface area contributed by atoms with E-state index in [2.05, 4.69) is 38.4 Å². The lowest BCUT2D eigenvalue weighted by Crippen LogP contribution is -2.40. The third-order valence-electron chi connectivity index (χ3n) is 7.08. The zero-order valence-electron chi connectivity index (χ0n) is 23.3. The number of thiazole rings is 1. The minimum absolute atomic E-state index is 0.186. The van der Waals surface area contributed by atoms with E-state index in [-0.39, 0.29) is 11.3 Å². The summed E-state index contributed by atoms with van der Waals surface area (Å²) in [7, 11) is 0. The maximum absolute atomic E-state index is 12.5. The summed E-state index contributed by atoms with van der Waals surface area (Å²) in [6.45, 7) is 8.65. The molecule has 1 saturated heterocycles. The van der Waals surface area contributed by atoms with Gasteiger partial charge in [-0.1, -0.05) is 55.5 Å². The van der Waals surface area contributed by atoms with Gasteiger partial charge in [-0.15, -0.1) is 0 Å². The van der Waals surface area contributed by atoms with Crippen LogP contribution in [0.1, 0.15) is 38.5 Å². The number of nitrogens with one attached hydrogen (secondary N) is 2. The van der Waals surface area contributed by atoms with Crippen LogP contribution in [0.15, 0.2) is 59.3 Å². The number of amides is 3. The Bertz CT molecular complexity index is 1710. The number of benzene rings is 2. The third-order valence-corrected chi connectivity index (χ3v) is 8.10. The number of aryl methyl sites for hydroxylation is 1. The van der Waals surface area contributed by atoms with Gasteiger partial charge in [0.05, 0.1) is 29.1 Å². The van der Waals surface area contributed by atoms with Crippen molar-refractivity contribution in [3.8, 4) is 11.3 Å². The molecule has 1 aliphatic rings. The van der Waals surface area contributed by atoms with Crippen LogP contribution in [0, 0.1) is 0 Å². The second-order valence-electron chi connectivity index (χ2n) is 11.2. The number of aromatic nitrogens is 3.